The largest absolute Gasteiger partial charge is 0.461 e. The van der Waals surface area contributed by atoms with E-state index in [9.17, 15) is 18.4 Å². The average Bonchev–Trinajstić information content (AvgIpc) is 3.04. The summed E-state index contributed by atoms with van der Waals surface area (Å²) in [5, 5.41) is 5.82. The van der Waals surface area contributed by atoms with E-state index in [1.54, 1.807) is 0 Å². The molecule has 0 bridgehead atoms. The maximum absolute atomic E-state index is 13.1. The number of rotatable bonds is 6. The van der Waals surface area contributed by atoms with Crippen molar-refractivity contribution in [1.82, 2.24) is 5.32 Å². The third-order valence-electron chi connectivity index (χ3n) is 3.72. The van der Waals surface area contributed by atoms with Gasteiger partial charge in [0.1, 0.15) is 11.3 Å². The van der Waals surface area contributed by atoms with Crippen LogP contribution in [-0.4, -0.2) is 18.4 Å². The second kappa shape index (κ2) is 7.77. The van der Waals surface area contributed by atoms with Crippen molar-refractivity contribution >= 4 is 28.5 Å². The predicted octanol–water partition coefficient (Wildman–Crippen LogP) is 3.40. The number of furan rings is 1. The lowest BCUT2D eigenvalue weighted by molar-refractivity contribution is -0.124. The lowest BCUT2D eigenvalue weighted by Crippen LogP contribution is -2.32. The van der Waals surface area contributed by atoms with Crippen LogP contribution < -0.4 is 10.6 Å². The molecule has 2 N–H and O–H groups in total. The molecular formula is C19H16F2N2O3. The molecule has 0 fully saturated rings. The molecule has 5 nitrogen and oxygen atoms in total. The summed E-state index contributed by atoms with van der Waals surface area (Å²) in [7, 11) is 0. The van der Waals surface area contributed by atoms with Crippen molar-refractivity contribution in [1.29, 1.82) is 0 Å². The van der Waals surface area contributed by atoms with Gasteiger partial charge in [0.25, 0.3) is 0 Å². The zero-order chi connectivity index (χ0) is 18.5. The van der Waals surface area contributed by atoms with Crippen molar-refractivity contribution in [3.05, 3.63) is 65.9 Å². The molecule has 7 heteroatoms. The number of nitrogens with one attached hydrogen (secondary N) is 2. The highest BCUT2D eigenvalue weighted by atomic mass is 19.2. The summed E-state index contributed by atoms with van der Waals surface area (Å²) in [6.07, 6.45) is 0.573. The number of benzene rings is 2. The number of hydrogen-bond acceptors (Lipinski definition) is 3. The minimum atomic E-state index is -1.06. The Morgan fingerprint density at radius 2 is 1.77 bits per heavy atom. The third kappa shape index (κ3) is 4.44. The zero-order valence-corrected chi connectivity index (χ0v) is 13.7. The van der Waals surface area contributed by atoms with Gasteiger partial charge in [0.05, 0.1) is 6.54 Å². The van der Waals surface area contributed by atoms with Crippen molar-refractivity contribution in [2.45, 2.75) is 12.8 Å². The second-order valence-electron chi connectivity index (χ2n) is 5.70. The quantitative estimate of drug-likeness (QED) is 0.709. The minimum absolute atomic E-state index is 0.116. The molecule has 0 spiro atoms. The highest BCUT2D eigenvalue weighted by molar-refractivity contribution is 5.94. The van der Waals surface area contributed by atoms with E-state index < -0.39 is 17.5 Å². The monoisotopic (exact) mass is 358 g/mol. The number of hydrogen-bond donors (Lipinski definition) is 2. The predicted molar refractivity (Wildman–Crippen MR) is 92.5 cm³/mol. The number of carbonyl (C=O) groups is 2. The van der Waals surface area contributed by atoms with Gasteiger partial charge in [-0.1, -0.05) is 18.2 Å². The van der Waals surface area contributed by atoms with Gasteiger partial charge >= 0.3 is 0 Å². The number of amides is 2. The Morgan fingerprint density at radius 3 is 2.54 bits per heavy atom. The summed E-state index contributed by atoms with van der Waals surface area (Å²) in [5.74, 6) is -2.22. The first-order valence-electron chi connectivity index (χ1n) is 8.00. The zero-order valence-electron chi connectivity index (χ0n) is 13.7. The van der Waals surface area contributed by atoms with Crippen LogP contribution in [0.1, 0.15) is 12.2 Å². The van der Waals surface area contributed by atoms with Crippen molar-refractivity contribution in [2.75, 3.05) is 11.9 Å². The van der Waals surface area contributed by atoms with Crippen LogP contribution in [0.15, 0.2) is 52.9 Å². The first-order chi connectivity index (χ1) is 12.5. The highest BCUT2D eigenvalue weighted by Crippen LogP contribution is 2.19. The Balaban J connectivity index is 1.44. The Bertz CT molecular complexity index is 920. The first-order valence-corrected chi connectivity index (χ1v) is 8.00. The van der Waals surface area contributed by atoms with Crippen LogP contribution in [0.4, 0.5) is 14.5 Å². The van der Waals surface area contributed by atoms with Crippen LogP contribution in [0.2, 0.25) is 0 Å². The molecule has 3 rings (SSSR count). The summed E-state index contributed by atoms with van der Waals surface area (Å²) in [6, 6.07) is 12.4. The van der Waals surface area contributed by atoms with Crippen LogP contribution in [-0.2, 0) is 16.0 Å². The SMILES string of the molecule is O=C(CCc1cc2ccccc2o1)NCC(=O)Nc1ccc(F)c(F)c1. The van der Waals surface area contributed by atoms with Crippen LogP contribution >= 0.6 is 0 Å². The van der Waals surface area contributed by atoms with Gasteiger partial charge in [-0.05, 0) is 24.3 Å². The Hall–Kier alpha value is -3.22. The van der Waals surface area contributed by atoms with Gasteiger partial charge in [0.2, 0.25) is 11.8 Å². The molecule has 26 heavy (non-hydrogen) atoms. The summed E-state index contributed by atoms with van der Waals surface area (Å²) in [4.78, 5) is 23.6. The fourth-order valence-electron chi connectivity index (χ4n) is 2.44. The summed E-state index contributed by atoms with van der Waals surface area (Å²) < 4.78 is 31.5. The van der Waals surface area contributed by atoms with Gasteiger partial charge in [-0.2, -0.15) is 0 Å². The first kappa shape index (κ1) is 17.6. The van der Waals surface area contributed by atoms with Crippen LogP contribution in [0.3, 0.4) is 0 Å². The lowest BCUT2D eigenvalue weighted by atomic mass is 10.2. The minimum Gasteiger partial charge on any atom is -0.461 e. The number of anilines is 1. The molecule has 0 saturated carbocycles. The maximum Gasteiger partial charge on any atom is 0.243 e. The Morgan fingerprint density at radius 1 is 0.962 bits per heavy atom. The van der Waals surface area contributed by atoms with Crippen molar-refractivity contribution in [3.63, 3.8) is 0 Å². The topological polar surface area (TPSA) is 71.3 Å². The van der Waals surface area contributed by atoms with Gasteiger partial charge < -0.3 is 15.1 Å². The van der Waals surface area contributed by atoms with E-state index in [1.807, 2.05) is 30.3 Å². The molecule has 2 amide bonds. The summed E-state index contributed by atoms with van der Waals surface area (Å²) in [5.41, 5.74) is 0.874. The van der Waals surface area contributed by atoms with E-state index in [0.717, 1.165) is 23.1 Å². The third-order valence-corrected chi connectivity index (χ3v) is 3.72. The molecule has 3 aromatic rings. The van der Waals surface area contributed by atoms with E-state index in [1.165, 1.54) is 6.07 Å². The number of fused-ring (bicyclic) bond motifs is 1. The maximum atomic E-state index is 13.1. The van der Waals surface area contributed by atoms with Gasteiger partial charge in [-0.15, -0.1) is 0 Å². The molecule has 1 aromatic heterocycles. The molecule has 0 radical (unpaired) electrons. The molecule has 0 aliphatic heterocycles. The fourth-order valence-corrected chi connectivity index (χ4v) is 2.44. The molecule has 0 aliphatic carbocycles. The normalized spacial score (nSPS) is 10.7. The van der Waals surface area contributed by atoms with E-state index >= 15 is 0 Å². The van der Waals surface area contributed by atoms with Crippen LogP contribution in [0.25, 0.3) is 11.0 Å². The fraction of sp³-hybridized carbons (Fsp3) is 0.158. The van der Waals surface area contributed by atoms with Crippen LogP contribution in [0, 0.1) is 11.6 Å². The van der Waals surface area contributed by atoms with E-state index in [0.29, 0.717) is 12.2 Å². The molecular weight excluding hydrogens is 342 g/mol. The Labute approximate surface area is 148 Å². The number of halogens is 2. The molecule has 0 atom stereocenters. The number of aryl methyl sites for hydroxylation is 1. The van der Waals surface area contributed by atoms with Crippen LogP contribution in [0.5, 0.6) is 0 Å². The number of para-hydroxylation sites is 1. The molecule has 0 aliphatic rings. The van der Waals surface area contributed by atoms with Gasteiger partial charge in [-0.3, -0.25) is 9.59 Å². The average molecular weight is 358 g/mol. The van der Waals surface area contributed by atoms with Gasteiger partial charge in [-0.25, -0.2) is 8.78 Å². The molecule has 0 unspecified atom stereocenters. The Kier molecular flexibility index (Phi) is 5.26. The van der Waals surface area contributed by atoms with Crippen molar-refractivity contribution in [2.24, 2.45) is 0 Å². The molecule has 2 aromatic carbocycles. The standard InChI is InChI=1S/C19H16F2N2O3/c20-15-7-5-13(10-16(15)21)23-19(25)11-22-18(24)8-6-14-9-12-3-1-2-4-17(12)26-14/h1-5,7,9-10H,6,8,11H2,(H,22,24)(H,23,25). The van der Waals surface area contributed by atoms with Gasteiger partial charge in [0.15, 0.2) is 11.6 Å². The smallest absolute Gasteiger partial charge is 0.243 e. The van der Waals surface area contributed by atoms with E-state index in [4.69, 9.17) is 4.42 Å². The van der Waals surface area contributed by atoms with Crippen molar-refractivity contribution < 1.29 is 22.8 Å². The van der Waals surface area contributed by atoms with E-state index in [-0.39, 0.29) is 24.6 Å². The molecule has 0 saturated heterocycles. The van der Waals surface area contributed by atoms with Crippen molar-refractivity contribution in [3.8, 4) is 0 Å². The summed E-state index contributed by atoms with van der Waals surface area (Å²) in [6.45, 7) is -0.266. The summed E-state index contributed by atoms with van der Waals surface area (Å²) >= 11 is 0. The lowest BCUT2D eigenvalue weighted by Gasteiger charge is -2.07. The second-order valence-corrected chi connectivity index (χ2v) is 5.70. The number of carbonyl (C=O) groups excluding carboxylic acids is 2. The van der Waals surface area contributed by atoms with E-state index in [2.05, 4.69) is 10.6 Å². The van der Waals surface area contributed by atoms with Gasteiger partial charge in [0, 0.05) is 30.0 Å². The highest BCUT2D eigenvalue weighted by Gasteiger charge is 2.10. The molecule has 134 valence electrons. The molecule has 1 heterocycles.